The van der Waals surface area contributed by atoms with Gasteiger partial charge in [0.05, 0.1) is 11.0 Å². The van der Waals surface area contributed by atoms with Gasteiger partial charge in [-0.05, 0) is 168 Å². The first kappa shape index (κ1) is 36.5. The van der Waals surface area contributed by atoms with E-state index in [9.17, 15) is 0 Å². The Morgan fingerprint density at radius 1 is 0.164 bits per heavy atom. The Hall–Kier alpha value is -8.78. The van der Waals surface area contributed by atoms with Gasteiger partial charge >= 0.3 is 0 Å². The second-order valence-corrected chi connectivity index (χ2v) is 18.3. The van der Waals surface area contributed by atoms with Crippen molar-refractivity contribution in [2.45, 2.75) is 0 Å². The minimum atomic E-state index is 1.15. The smallest absolute Gasteiger partial charge is 0.0541 e. The molecule has 0 atom stereocenters. The second-order valence-electron chi connectivity index (χ2n) is 18.3. The van der Waals surface area contributed by atoms with Crippen LogP contribution in [-0.2, 0) is 0 Å². The Balaban J connectivity index is 0.984. The molecule has 0 spiro atoms. The molecule has 1 nitrogen and oxygen atoms in total. The van der Waals surface area contributed by atoms with Crippen molar-refractivity contribution in [3.63, 3.8) is 0 Å². The summed E-state index contributed by atoms with van der Waals surface area (Å²) in [5.74, 6) is 0. The average molecular weight is 846 g/mol. The predicted octanol–water partition coefficient (Wildman–Crippen LogP) is 18.5. The lowest BCUT2D eigenvalue weighted by Crippen LogP contribution is -1.95. The van der Waals surface area contributed by atoms with E-state index in [4.69, 9.17) is 0 Å². The number of fused-ring (bicyclic) bond motifs is 21. The Bertz CT molecular complexity index is 4300. The van der Waals surface area contributed by atoms with Crippen LogP contribution in [0.15, 0.2) is 237 Å². The van der Waals surface area contributed by atoms with Crippen LogP contribution in [0.1, 0.15) is 0 Å². The molecule has 1 aromatic heterocycles. The molecular weight excluding hydrogens is 807 g/mol. The molecule has 1 heteroatoms. The van der Waals surface area contributed by atoms with Crippen molar-refractivity contribution >= 4 is 119 Å². The van der Waals surface area contributed by atoms with Crippen LogP contribution in [0.25, 0.3) is 147 Å². The Kier molecular flexibility index (Phi) is 7.56. The molecule has 0 saturated heterocycles. The van der Waals surface area contributed by atoms with Gasteiger partial charge in [-0.15, -0.1) is 0 Å². The van der Waals surface area contributed by atoms with E-state index in [2.05, 4.69) is 241 Å². The lowest BCUT2D eigenvalue weighted by molar-refractivity contribution is 1.19. The Morgan fingerprint density at radius 2 is 0.388 bits per heavy atom. The van der Waals surface area contributed by atoms with Crippen LogP contribution in [0.4, 0.5) is 0 Å². The zero-order valence-corrected chi connectivity index (χ0v) is 36.5. The van der Waals surface area contributed by atoms with Crippen molar-refractivity contribution in [3.05, 3.63) is 237 Å². The van der Waals surface area contributed by atoms with Gasteiger partial charge in [-0.25, -0.2) is 0 Å². The summed E-state index contributed by atoms with van der Waals surface area (Å²) in [7, 11) is 0. The molecule has 0 bridgehead atoms. The van der Waals surface area contributed by atoms with Crippen LogP contribution in [-0.4, -0.2) is 4.57 Å². The number of hydrogen-bond acceptors (Lipinski definition) is 0. The highest BCUT2D eigenvalue weighted by Crippen LogP contribution is 2.43. The number of aromatic nitrogens is 1. The van der Waals surface area contributed by atoms with Crippen LogP contribution in [0.5, 0.6) is 0 Å². The summed E-state index contributed by atoms with van der Waals surface area (Å²) >= 11 is 0. The maximum atomic E-state index is 2.49. The van der Waals surface area contributed by atoms with E-state index in [0.717, 1.165) is 5.69 Å². The molecule has 308 valence electrons. The fourth-order valence-electron chi connectivity index (χ4n) is 11.9. The number of nitrogens with zero attached hydrogens (tertiary/aromatic N) is 1. The van der Waals surface area contributed by atoms with Gasteiger partial charge in [-0.3, -0.25) is 0 Å². The summed E-state index contributed by atoms with van der Waals surface area (Å²) in [4.78, 5) is 0. The van der Waals surface area contributed by atoms with Gasteiger partial charge in [0.15, 0.2) is 0 Å². The van der Waals surface area contributed by atoms with Gasteiger partial charge < -0.3 is 4.57 Å². The molecule has 0 amide bonds. The van der Waals surface area contributed by atoms with E-state index in [1.165, 1.54) is 141 Å². The molecule has 0 aliphatic rings. The van der Waals surface area contributed by atoms with Crippen molar-refractivity contribution in [2.24, 2.45) is 0 Å². The minimum Gasteiger partial charge on any atom is -0.309 e. The van der Waals surface area contributed by atoms with Crippen molar-refractivity contribution in [1.82, 2.24) is 4.57 Å². The van der Waals surface area contributed by atoms with Crippen molar-refractivity contribution in [1.29, 1.82) is 0 Å². The van der Waals surface area contributed by atoms with Crippen LogP contribution in [0.3, 0.4) is 0 Å². The molecular formula is C66H39N. The summed E-state index contributed by atoms with van der Waals surface area (Å²) in [5.41, 5.74) is 8.37. The predicted molar refractivity (Wildman–Crippen MR) is 289 cm³/mol. The first-order valence-electron chi connectivity index (χ1n) is 23.3. The molecule has 1 heterocycles. The molecule has 0 unspecified atom stereocenters. The lowest BCUT2D eigenvalue weighted by atomic mass is 9.91. The van der Waals surface area contributed by atoms with E-state index in [1.54, 1.807) is 0 Å². The average Bonchev–Trinajstić information content (AvgIpc) is 3.73. The van der Waals surface area contributed by atoms with Gasteiger partial charge in [0.2, 0.25) is 0 Å². The topological polar surface area (TPSA) is 4.93 Å². The highest BCUT2D eigenvalue weighted by molar-refractivity contribution is 6.28. The van der Waals surface area contributed by atoms with E-state index in [0.29, 0.717) is 0 Å². The van der Waals surface area contributed by atoms with Gasteiger partial charge in [-0.1, -0.05) is 188 Å². The van der Waals surface area contributed by atoms with Crippen molar-refractivity contribution in [3.8, 4) is 27.9 Å². The van der Waals surface area contributed by atoms with Crippen LogP contribution < -0.4 is 0 Å². The standard InChI is InChI=1S/C66H39N/c1-4-19-51-45(13-1)48-16-7-10-22-54(48)60-35-40(25-30-57(51)60)42-27-33-65-63(37-42)64-38-43(41-26-31-58-52-20-5-2-14-46(52)49-17-8-11-23-55(49)61(58)36-41)28-34-66(64)67(65)44-29-32-59-53-21-6-3-15-47(53)50-18-9-12-24-56(50)62(59)39-44/h1-39H. The third-order valence-corrected chi connectivity index (χ3v) is 14.9. The molecule has 0 saturated carbocycles. The summed E-state index contributed by atoms with van der Waals surface area (Å²) < 4.78 is 2.49. The number of benzene rings is 14. The third kappa shape index (κ3) is 5.25. The van der Waals surface area contributed by atoms with E-state index < -0.39 is 0 Å². The fourth-order valence-corrected chi connectivity index (χ4v) is 11.9. The van der Waals surface area contributed by atoms with E-state index in [1.807, 2.05) is 0 Å². The monoisotopic (exact) mass is 845 g/mol. The normalized spacial score (nSPS) is 12.2. The van der Waals surface area contributed by atoms with E-state index in [-0.39, 0.29) is 0 Å². The summed E-state index contributed by atoms with van der Waals surface area (Å²) in [6.07, 6.45) is 0. The highest BCUT2D eigenvalue weighted by Gasteiger charge is 2.18. The Morgan fingerprint density at radius 3 is 0.701 bits per heavy atom. The van der Waals surface area contributed by atoms with Crippen LogP contribution in [0.2, 0.25) is 0 Å². The zero-order valence-electron chi connectivity index (χ0n) is 36.5. The quantitative estimate of drug-likeness (QED) is 0.156. The second kappa shape index (κ2) is 13.9. The highest BCUT2D eigenvalue weighted by atomic mass is 15.0. The lowest BCUT2D eigenvalue weighted by Gasteiger charge is -2.14. The van der Waals surface area contributed by atoms with E-state index >= 15 is 0 Å². The molecule has 0 N–H and O–H groups in total. The molecule has 15 rings (SSSR count). The van der Waals surface area contributed by atoms with Gasteiger partial charge in [0, 0.05) is 16.5 Å². The van der Waals surface area contributed by atoms with Gasteiger partial charge in [0.25, 0.3) is 0 Å². The van der Waals surface area contributed by atoms with Crippen LogP contribution >= 0.6 is 0 Å². The molecule has 14 aromatic carbocycles. The van der Waals surface area contributed by atoms with Crippen molar-refractivity contribution < 1.29 is 0 Å². The molecule has 0 fully saturated rings. The largest absolute Gasteiger partial charge is 0.309 e. The number of hydrogen-bond donors (Lipinski definition) is 0. The van der Waals surface area contributed by atoms with Gasteiger partial charge in [-0.2, -0.15) is 0 Å². The zero-order chi connectivity index (χ0) is 43.7. The summed E-state index contributed by atoms with van der Waals surface area (Å²) in [6.45, 7) is 0. The first-order valence-corrected chi connectivity index (χ1v) is 23.3. The minimum absolute atomic E-state index is 1.15. The van der Waals surface area contributed by atoms with Gasteiger partial charge in [0.1, 0.15) is 0 Å². The SMILES string of the molecule is c1ccc2c(c1)c1ccccc1c1cc(-c3ccc4c(c3)c3cc(-c5ccc6c7ccccc7c7ccccc7c6c5)ccc3n4-c3ccc4c5ccccc5c5ccccc5c4c3)ccc21. The molecule has 0 radical (unpaired) electrons. The maximum Gasteiger partial charge on any atom is 0.0541 e. The first-order chi connectivity index (χ1) is 33.2. The summed E-state index contributed by atoms with van der Waals surface area (Å²) in [6, 6.07) is 88.5. The van der Waals surface area contributed by atoms with Crippen LogP contribution in [0, 0.1) is 0 Å². The van der Waals surface area contributed by atoms with Crippen molar-refractivity contribution in [2.75, 3.05) is 0 Å². The maximum absolute atomic E-state index is 2.49. The number of rotatable bonds is 3. The summed E-state index contributed by atoms with van der Waals surface area (Å²) in [5, 5.41) is 25.6. The molecule has 0 aliphatic heterocycles. The molecule has 15 aromatic rings. The molecule has 67 heavy (non-hydrogen) atoms. The Labute approximate surface area is 386 Å². The third-order valence-electron chi connectivity index (χ3n) is 14.9. The fraction of sp³-hybridized carbons (Fsp3) is 0. The molecule has 0 aliphatic carbocycles.